The Kier molecular flexibility index (Phi) is 5.90. The van der Waals surface area contributed by atoms with Crippen LogP contribution in [-0.2, 0) is 10.0 Å². The molecule has 150 valence electrons. The molecule has 3 rings (SSSR count). The summed E-state index contributed by atoms with van der Waals surface area (Å²) < 4.78 is 37.7. The maximum absolute atomic E-state index is 12.9. The summed E-state index contributed by atoms with van der Waals surface area (Å²) in [5, 5.41) is 2.77. The largest absolute Gasteiger partial charge is 0.493 e. The van der Waals surface area contributed by atoms with Crippen LogP contribution in [0.2, 0.25) is 0 Å². The highest BCUT2D eigenvalue weighted by Crippen LogP contribution is 2.30. The number of amides is 1. The molecule has 0 aliphatic carbocycles. The predicted octanol–water partition coefficient (Wildman–Crippen LogP) is 3.05. The van der Waals surface area contributed by atoms with E-state index in [4.69, 9.17) is 9.47 Å². The summed E-state index contributed by atoms with van der Waals surface area (Å²) in [6.07, 6.45) is 1.72. The van der Waals surface area contributed by atoms with Crippen molar-refractivity contribution >= 4 is 21.6 Å². The van der Waals surface area contributed by atoms with Crippen molar-refractivity contribution in [3.05, 3.63) is 47.5 Å². The minimum atomic E-state index is -3.60. The number of anilines is 1. The average Bonchev–Trinajstić information content (AvgIpc) is 3.23. The molecule has 1 fully saturated rings. The molecule has 1 heterocycles. The topological polar surface area (TPSA) is 84.9 Å². The van der Waals surface area contributed by atoms with Gasteiger partial charge in [-0.15, -0.1) is 0 Å². The lowest BCUT2D eigenvalue weighted by Crippen LogP contribution is -2.28. The molecule has 0 radical (unpaired) electrons. The van der Waals surface area contributed by atoms with Gasteiger partial charge in [-0.25, -0.2) is 8.42 Å². The summed E-state index contributed by atoms with van der Waals surface area (Å²) in [5.74, 6) is 0.640. The van der Waals surface area contributed by atoms with E-state index in [2.05, 4.69) is 5.32 Å². The van der Waals surface area contributed by atoms with Gasteiger partial charge in [-0.2, -0.15) is 4.31 Å². The zero-order chi connectivity index (χ0) is 20.3. The van der Waals surface area contributed by atoms with Crippen LogP contribution in [0, 0.1) is 6.92 Å². The van der Waals surface area contributed by atoms with Crippen molar-refractivity contribution in [2.45, 2.75) is 24.7 Å². The Hall–Kier alpha value is -2.58. The molecule has 0 aromatic heterocycles. The van der Waals surface area contributed by atoms with Gasteiger partial charge >= 0.3 is 0 Å². The van der Waals surface area contributed by atoms with Crippen LogP contribution in [-0.4, -0.2) is 45.9 Å². The number of sulfonamides is 1. The molecule has 1 aliphatic heterocycles. The predicted molar refractivity (Wildman–Crippen MR) is 107 cm³/mol. The maximum atomic E-state index is 12.9. The fourth-order valence-corrected chi connectivity index (χ4v) is 4.97. The summed E-state index contributed by atoms with van der Waals surface area (Å²) in [6, 6.07) is 9.75. The van der Waals surface area contributed by atoms with Crippen molar-refractivity contribution in [3.63, 3.8) is 0 Å². The lowest BCUT2D eigenvalue weighted by Gasteiger charge is -2.18. The van der Waals surface area contributed by atoms with E-state index in [0.717, 1.165) is 12.8 Å². The van der Waals surface area contributed by atoms with Crippen molar-refractivity contribution in [1.82, 2.24) is 4.31 Å². The third-order valence-electron chi connectivity index (χ3n) is 4.77. The van der Waals surface area contributed by atoms with Gasteiger partial charge in [0, 0.05) is 30.4 Å². The van der Waals surface area contributed by atoms with Crippen LogP contribution in [0.1, 0.15) is 28.8 Å². The van der Waals surface area contributed by atoms with Crippen LogP contribution in [0.3, 0.4) is 0 Å². The molecular formula is C20H24N2O5S. The third-order valence-corrected chi connectivity index (χ3v) is 6.82. The summed E-state index contributed by atoms with van der Waals surface area (Å²) in [5.41, 5.74) is 1.42. The van der Waals surface area contributed by atoms with E-state index in [1.54, 1.807) is 37.3 Å². The number of benzene rings is 2. The van der Waals surface area contributed by atoms with E-state index < -0.39 is 15.9 Å². The van der Waals surface area contributed by atoms with Gasteiger partial charge in [-0.1, -0.05) is 6.07 Å². The van der Waals surface area contributed by atoms with E-state index in [0.29, 0.717) is 35.8 Å². The molecule has 0 bridgehead atoms. The van der Waals surface area contributed by atoms with Crippen molar-refractivity contribution in [3.8, 4) is 11.5 Å². The number of carbonyl (C=O) groups excluding carboxylic acids is 1. The molecule has 28 heavy (non-hydrogen) atoms. The minimum Gasteiger partial charge on any atom is -0.493 e. The first-order valence-corrected chi connectivity index (χ1v) is 10.4. The van der Waals surface area contributed by atoms with Gasteiger partial charge in [0.1, 0.15) is 0 Å². The molecule has 0 spiro atoms. The van der Waals surface area contributed by atoms with Gasteiger partial charge in [-0.05, 0) is 49.6 Å². The number of rotatable bonds is 6. The fraction of sp³-hybridized carbons (Fsp3) is 0.350. The Labute approximate surface area is 165 Å². The number of carbonyl (C=O) groups is 1. The zero-order valence-electron chi connectivity index (χ0n) is 16.2. The molecular weight excluding hydrogens is 380 g/mol. The molecule has 0 saturated carbocycles. The summed E-state index contributed by atoms with van der Waals surface area (Å²) in [4.78, 5) is 12.9. The van der Waals surface area contributed by atoms with Gasteiger partial charge in [-0.3, -0.25) is 4.79 Å². The highest BCUT2D eigenvalue weighted by Gasteiger charge is 2.29. The molecule has 2 aromatic carbocycles. The molecule has 1 amide bonds. The Bertz CT molecular complexity index is 982. The van der Waals surface area contributed by atoms with Crippen molar-refractivity contribution in [2.24, 2.45) is 0 Å². The van der Waals surface area contributed by atoms with Crippen LogP contribution in [0.25, 0.3) is 0 Å². The smallest absolute Gasteiger partial charge is 0.255 e. The molecule has 1 aliphatic rings. The van der Waals surface area contributed by atoms with Gasteiger partial charge in [0.05, 0.1) is 19.1 Å². The normalized spacial score (nSPS) is 14.7. The Morgan fingerprint density at radius 3 is 2.32 bits per heavy atom. The average molecular weight is 404 g/mol. The van der Waals surface area contributed by atoms with Gasteiger partial charge < -0.3 is 14.8 Å². The second-order valence-electron chi connectivity index (χ2n) is 6.62. The highest BCUT2D eigenvalue weighted by molar-refractivity contribution is 7.89. The van der Waals surface area contributed by atoms with Gasteiger partial charge in [0.15, 0.2) is 11.5 Å². The van der Waals surface area contributed by atoms with Crippen molar-refractivity contribution in [2.75, 3.05) is 32.6 Å². The number of nitrogens with one attached hydrogen (secondary N) is 1. The lowest BCUT2D eigenvalue weighted by atomic mass is 10.1. The van der Waals surface area contributed by atoms with Gasteiger partial charge in [0.25, 0.3) is 5.91 Å². The lowest BCUT2D eigenvalue weighted by molar-refractivity contribution is 0.102. The van der Waals surface area contributed by atoms with Crippen LogP contribution < -0.4 is 14.8 Å². The number of ether oxygens (including phenoxy) is 2. The maximum Gasteiger partial charge on any atom is 0.255 e. The van der Waals surface area contributed by atoms with Crippen LogP contribution in [0.4, 0.5) is 5.69 Å². The van der Waals surface area contributed by atoms with Crippen LogP contribution in [0.15, 0.2) is 41.3 Å². The molecule has 0 atom stereocenters. The first-order valence-electron chi connectivity index (χ1n) is 9.01. The van der Waals surface area contributed by atoms with Crippen molar-refractivity contribution < 1.29 is 22.7 Å². The monoisotopic (exact) mass is 404 g/mol. The summed E-state index contributed by atoms with van der Waals surface area (Å²) in [7, 11) is -0.556. The summed E-state index contributed by atoms with van der Waals surface area (Å²) >= 11 is 0. The molecule has 0 unspecified atom stereocenters. The summed E-state index contributed by atoms with van der Waals surface area (Å²) in [6.45, 7) is 2.77. The highest BCUT2D eigenvalue weighted by atomic mass is 32.2. The van der Waals surface area contributed by atoms with E-state index in [1.807, 2.05) is 0 Å². The first-order chi connectivity index (χ1) is 13.4. The fourth-order valence-electron chi connectivity index (χ4n) is 3.20. The molecule has 8 heteroatoms. The van der Waals surface area contributed by atoms with E-state index in [9.17, 15) is 13.2 Å². The number of hydrogen-bond acceptors (Lipinski definition) is 5. The second-order valence-corrected chi connectivity index (χ2v) is 8.52. The Balaban J connectivity index is 1.87. The van der Waals surface area contributed by atoms with Gasteiger partial charge in [0.2, 0.25) is 10.0 Å². The second kappa shape index (κ2) is 8.20. The Morgan fingerprint density at radius 1 is 1.00 bits per heavy atom. The zero-order valence-corrected chi connectivity index (χ0v) is 17.0. The minimum absolute atomic E-state index is 0.175. The third kappa shape index (κ3) is 3.98. The SMILES string of the molecule is COc1ccc(NC(=O)c2ccc(C)c(S(=O)(=O)N3CCCC3)c2)cc1OC. The number of aryl methyl sites for hydroxylation is 1. The van der Waals surface area contributed by atoms with E-state index in [1.165, 1.54) is 24.6 Å². The first kappa shape index (κ1) is 20.2. The van der Waals surface area contributed by atoms with E-state index >= 15 is 0 Å². The Morgan fingerprint density at radius 2 is 1.68 bits per heavy atom. The molecule has 2 aromatic rings. The molecule has 1 saturated heterocycles. The standard InChI is InChI=1S/C20H24N2O5S/c1-14-6-7-15(12-19(14)28(24,25)22-10-4-5-11-22)20(23)21-16-8-9-17(26-2)18(13-16)27-3/h6-9,12-13H,4-5,10-11H2,1-3H3,(H,21,23). The quantitative estimate of drug-likeness (QED) is 0.800. The van der Waals surface area contributed by atoms with E-state index in [-0.39, 0.29) is 10.5 Å². The van der Waals surface area contributed by atoms with Crippen LogP contribution in [0.5, 0.6) is 11.5 Å². The number of methoxy groups -OCH3 is 2. The molecule has 1 N–H and O–H groups in total. The number of hydrogen-bond donors (Lipinski definition) is 1. The van der Waals surface area contributed by atoms with Crippen molar-refractivity contribution in [1.29, 1.82) is 0 Å². The van der Waals surface area contributed by atoms with Crippen LogP contribution >= 0.6 is 0 Å². The number of nitrogens with zero attached hydrogens (tertiary/aromatic N) is 1. The molecule has 7 nitrogen and oxygen atoms in total.